The van der Waals surface area contributed by atoms with Crippen LogP contribution in [-0.4, -0.2) is 28.6 Å². The molecule has 5 heteroatoms. The van der Waals surface area contributed by atoms with E-state index in [1.165, 1.54) is 6.08 Å². The molecular weight excluding hydrogens is 236 g/mol. The fourth-order valence-electron chi connectivity index (χ4n) is 1.29. The second-order valence-corrected chi connectivity index (χ2v) is 4.97. The van der Waals surface area contributed by atoms with Gasteiger partial charge < -0.3 is 10.4 Å². The van der Waals surface area contributed by atoms with Gasteiger partial charge in [0.15, 0.2) is 0 Å². The number of aliphatic hydroxyl groups excluding tert-OH is 1. The van der Waals surface area contributed by atoms with Crippen molar-refractivity contribution in [2.24, 2.45) is 0 Å². The van der Waals surface area contributed by atoms with E-state index in [0.717, 1.165) is 17.1 Å². The molecule has 1 rings (SSSR count). The van der Waals surface area contributed by atoms with Crippen LogP contribution in [0, 0.1) is 6.92 Å². The van der Waals surface area contributed by atoms with Gasteiger partial charge in [0.25, 0.3) is 0 Å². The summed E-state index contributed by atoms with van der Waals surface area (Å²) in [5.41, 5.74) is 0.812. The Morgan fingerprint density at radius 1 is 1.71 bits per heavy atom. The lowest BCUT2D eigenvalue weighted by atomic mass is 10.2. The number of aromatic nitrogens is 1. The monoisotopic (exact) mass is 254 g/mol. The summed E-state index contributed by atoms with van der Waals surface area (Å²) in [5, 5.41) is 14.7. The van der Waals surface area contributed by atoms with Crippen molar-refractivity contribution in [1.82, 2.24) is 10.3 Å². The quantitative estimate of drug-likeness (QED) is 0.600. The summed E-state index contributed by atoms with van der Waals surface area (Å²) in [6.07, 6.45) is 4.37. The molecule has 0 aliphatic carbocycles. The third-order valence-electron chi connectivity index (χ3n) is 2.14. The van der Waals surface area contributed by atoms with Crippen LogP contribution in [0.5, 0.6) is 0 Å². The Labute approximate surface area is 105 Å². The maximum absolute atomic E-state index is 11.4. The number of aliphatic hydroxyl groups is 1. The number of thiazole rings is 1. The number of hydrogen-bond acceptors (Lipinski definition) is 4. The average Bonchev–Trinajstić information content (AvgIpc) is 2.67. The molecule has 0 aliphatic rings. The number of aryl methyl sites for hydroxylation is 1. The predicted molar refractivity (Wildman–Crippen MR) is 69.8 cm³/mol. The van der Waals surface area contributed by atoms with Crippen LogP contribution in [0.15, 0.2) is 11.5 Å². The van der Waals surface area contributed by atoms with Crippen molar-refractivity contribution >= 4 is 23.3 Å². The predicted octanol–water partition coefficient (Wildman–Crippen LogP) is 1.74. The molecule has 0 spiro atoms. The topological polar surface area (TPSA) is 62.2 Å². The molecule has 0 aromatic carbocycles. The van der Waals surface area contributed by atoms with Crippen molar-refractivity contribution in [3.63, 3.8) is 0 Å². The van der Waals surface area contributed by atoms with E-state index >= 15 is 0 Å². The minimum absolute atomic E-state index is 0.124. The summed E-state index contributed by atoms with van der Waals surface area (Å²) in [5.74, 6) is -0.124. The second kappa shape index (κ2) is 7.19. The van der Waals surface area contributed by atoms with Crippen LogP contribution in [0.2, 0.25) is 0 Å². The van der Waals surface area contributed by atoms with Crippen LogP contribution < -0.4 is 5.32 Å². The van der Waals surface area contributed by atoms with E-state index in [9.17, 15) is 4.79 Å². The standard InChI is InChI=1S/C12H18N2O2S/c1-9(15)4-3-7-13-12(16)6-5-11-8-17-10(2)14-11/h5-6,8-9,15H,3-4,7H2,1-2H3,(H,13,16)/b6-5+. The largest absolute Gasteiger partial charge is 0.393 e. The zero-order valence-corrected chi connectivity index (χ0v) is 11.0. The highest BCUT2D eigenvalue weighted by atomic mass is 32.1. The van der Waals surface area contributed by atoms with Gasteiger partial charge in [-0.2, -0.15) is 0 Å². The van der Waals surface area contributed by atoms with E-state index in [0.29, 0.717) is 13.0 Å². The number of carbonyl (C=O) groups is 1. The maximum Gasteiger partial charge on any atom is 0.244 e. The number of amides is 1. The van der Waals surface area contributed by atoms with Crippen LogP contribution in [0.1, 0.15) is 30.5 Å². The van der Waals surface area contributed by atoms with Crippen molar-refractivity contribution in [2.45, 2.75) is 32.8 Å². The van der Waals surface area contributed by atoms with Gasteiger partial charge in [-0.1, -0.05) is 0 Å². The van der Waals surface area contributed by atoms with Gasteiger partial charge in [0.05, 0.1) is 16.8 Å². The molecule has 1 aromatic heterocycles. The molecule has 0 aliphatic heterocycles. The van der Waals surface area contributed by atoms with Crippen molar-refractivity contribution in [3.05, 3.63) is 22.2 Å². The van der Waals surface area contributed by atoms with Gasteiger partial charge in [0, 0.05) is 18.0 Å². The first-order chi connectivity index (χ1) is 8.08. The van der Waals surface area contributed by atoms with Crippen LogP contribution in [0.4, 0.5) is 0 Å². The minimum atomic E-state index is -0.305. The summed E-state index contributed by atoms with van der Waals surface area (Å²) >= 11 is 1.56. The highest BCUT2D eigenvalue weighted by molar-refractivity contribution is 7.09. The van der Waals surface area contributed by atoms with Crippen LogP contribution in [-0.2, 0) is 4.79 Å². The van der Waals surface area contributed by atoms with Crippen molar-refractivity contribution < 1.29 is 9.90 Å². The van der Waals surface area contributed by atoms with E-state index in [4.69, 9.17) is 5.11 Å². The lowest BCUT2D eigenvalue weighted by molar-refractivity contribution is -0.116. The average molecular weight is 254 g/mol. The summed E-state index contributed by atoms with van der Waals surface area (Å²) in [6, 6.07) is 0. The highest BCUT2D eigenvalue weighted by Crippen LogP contribution is 2.08. The van der Waals surface area contributed by atoms with Crippen molar-refractivity contribution in [1.29, 1.82) is 0 Å². The molecule has 1 atom stereocenters. The molecular formula is C12H18N2O2S. The van der Waals surface area contributed by atoms with E-state index in [2.05, 4.69) is 10.3 Å². The molecule has 4 nitrogen and oxygen atoms in total. The smallest absolute Gasteiger partial charge is 0.244 e. The lowest BCUT2D eigenvalue weighted by Gasteiger charge is -2.03. The van der Waals surface area contributed by atoms with Crippen LogP contribution >= 0.6 is 11.3 Å². The Kier molecular flexibility index (Phi) is 5.86. The molecule has 17 heavy (non-hydrogen) atoms. The molecule has 0 saturated heterocycles. The number of nitrogens with zero attached hydrogens (tertiary/aromatic N) is 1. The van der Waals surface area contributed by atoms with Gasteiger partial charge in [0.1, 0.15) is 0 Å². The van der Waals surface area contributed by atoms with E-state index in [1.54, 1.807) is 24.3 Å². The van der Waals surface area contributed by atoms with Gasteiger partial charge in [-0.15, -0.1) is 11.3 Å². The zero-order chi connectivity index (χ0) is 12.7. The summed E-state index contributed by atoms with van der Waals surface area (Å²) in [7, 11) is 0. The Morgan fingerprint density at radius 2 is 2.47 bits per heavy atom. The molecule has 2 N–H and O–H groups in total. The first kappa shape index (κ1) is 13.9. The molecule has 0 saturated carbocycles. The summed E-state index contributed by atoms with van der Waals surface area (Å²) < 4.78 is 0. The molecule has 94 valence electrons. The van der Waals surface area contributed by atoms with Crippen molar-refractivity contribution in [3.8, 4) is 0 Å². The fraction of sp³-hybridized carbons (Fsp3) is 0.500. The molecule has 1 aromatic rings. The first-order valence-electron chi connectivity index (χ1n) is 5.64. The first-order valence-corrected chi connectivity index (χ1v) is 6.52. The van der Waals surface area contributed by atoms with Crippen LogP contribution in [0.3, 0.4) is 0 Å². The van der Waals surface area contributed by atoms with Gasteiger partial charge in [-0.25, -0.2) is 4.98 Å². The molecule has 1 heterocycles. The van der Waals surface area contributed by atoms with Gasteiger partial charge in [-0.3, -0.25) is 4.79 Å². The molecule has 1 amide bonds. The Balaban J connectivity index is 2.23. The number of hydrogen-bond donors (Lipinski definition) is 2. The summed E-state index contributed by atoms with van der Waals surface area (Å²) in [4.78, 5) is 15.6. The van der Waals surface area contributed by atoms with E-state index in [-0.39, 0.29) is 12.0 Å². The van der Waals surface area contributed by atoms with Gasteiger partial charge in [0.2, 0.25) is 5.91 Å². The lowest BCUT2D eigenvalue weighted by Crippen LogP contribution is -2.22. The Hall–Kier alpha value is -1.20. The minimum Gasteiger partial charge on any atom is -0.393 e. The van der Waals surface area contributed by atoms with Gasteiger partial charge in [-0.05, 0) is 32.8 Å². The van der Waals surface area contributed by atoms with E-state index in [1.807, 2.05) is 12.3 Å². The third-order valence-corrected chi connectivity index (χ3v) is 2.93. The molecule has 0 radical (unpaired) electrons. The normalized spacial score (nSPS) is 12.9. The van der Waals surface area contributed by atoms with Gasteiger partial charge >= 0.3 is 0 Å². The number of nitrogens with one attached hydrogen (secondary N) is 1. The second-order valence-electron chi connectivity index (χ2n) is 3.91. The maximum atomic E-state index is 11.4. The highest BCUT2D eigenvalue weighted by Gasteiger charge is 1.98. The molecule has 1 unspecified atom stereocenters. The van der Waals surface area contributed by atoms with E-state index < -0.39 is 0 Å². The number of carbonyl (C=O) groups excluding carboxylic acids is 1. The summed E-state index contributed by atoms with van der Waals surface area (Å²) in [6.45, 7) is 4.26. The zero-order valence-electron chi connectivity index (χ0n) is 10.1. The SMILES string of the molecule is Cc1nc(/C=C/C(=O)NCCCC(C)O)cs1. The Morgan fingerprint density at radius 3 is 3.06 bits per heavy atom. The molecule has 0 bridgehead atoms. The van der Waals surface area contributed by atoms with Crippen molar-refractivity contribution in [2.75, 3.05) is 6.54 Å². The molecule has 0 fully saturated rings. The number of rotatable bonds is 6. The fourth-order valence-corrected chi connectivity index (χ4v) is 1.87. The Bertz CT molecular complexity index is 386. The van der Waals surface area contributed by atoms with Crippen LogP contribution in [0.25, 0.3) is 6.08 Å². The third kappa shape index (κ3) is 6.19.